The first-order valence-corrected chi connectivity index (χ1v) is 8.36. The molecule has 1 N–H and O–H groups in total. The standard InChI is InChI=1S/C18H19N7/c1-13-19-10-6-17(23-13)25-11-2-4-15(25)14-5-9-20-16(12-14)24-18-21-7-3-8-22-18/h3,5-10,12,15H,2,4,11H2,1H3,(H,20,21,22,24)/t15-/m0/s1. The largest absolute Gasteiger partial charge is 0.349 e. The summed E-state index contributed by atoms with van der Waals surface area (Å²) in [6, 6.07) is 8.18. The topological polar surface area (TPSA) is 79.7 Å². The predicted molar refractivity (Wildman–Crippen MR) is 95.6 cm³/mol. The van der Waals surface area contributed by atoms with Crippen molar-refractivity contribution in [1.29, 1.82) is 0 Å². The summed E-state index contributed by atoms with van der Waals surface area (Å²) in [7, 11) is 0. The molecule has 0 aromatic carbocycles. The zero-order valence-electron chi connectivity index (χ0n) is 14.0. The van der Waals surface area contributed by atoms with E-state index in [0.717, 1.165) is 36.8 Å². The second-order valence-electron chi connectivity index (χ2n) is 5.99. The summed E-state index contributed by atoms with van der Waals surface area (Å²) in [6.45, 7) is 2.91. The number of nitrogens with zero attached hydrogens (tertiary/aromatic N) is 6. The average molecular weight is 333 g/mol. The molecule has 0 spiro atoms. The summed E-state index contributed by atoms with van der Waals surface area (Å²) < 4.78 is 0. The Labute approximate surface area is 146 Å². The van der Waals surface area contributed by atoms with Crippen LogP contribution in [0.3, 0.4) is 0 Å². The summed E-state index contributed by atoms with van der Waals surface area (Å²) in [5.74, 6) is 3.06. The van der Waals surface area contributed by atoms with Crippen molar-refractivity contribution in [2.45, 2.75) is 25.8 Å². The zero-order valence-corrected chi connectivity index (χ0v) is 14.0. The lowest BCUT2D eigenvalue weighted by Gasteiger charge is -2.26. The van der Waals surface area contributed by atoms with Gasteiger partial charge in [0.25, 0.3) is 0 Å². The second kappa shape index (κ2) is 6.80. The van der Waals surface area contributed by atoms with E-state index in [2.05, 4.69) is 47.3 Å². The normalized spacial score (nSPS) is 16.8. The number of rotatable bonds is 4. The Morgan fingerprint density at radius 3 is 2.72 bits per heavy atom. The molecule has 1 aliphatic heterocycles. The lowest BCUT2D eigenvalue weighted by molar-refractivity contribution is 0.708. The molecule has 126 valence electrons. The minimum absolute atomic E-state index is 0.287. The smallest absolute Gasteiger partial charge is 0.228 e. The minimum Gasteiger partial charge on any atom is -0.349 e. The molecule has 1 atom stereocenters. The first kappa shape index (κ1) is 15.4. The van der Waals surface area contributed by atoms with Crippen LogP contribution in [0.15, 0.2) is 49.1 Å². The van der Waals surface area contributed by atoms with Crippen molar-refractivity contribution in [1.82, 2.24) is 24.9 Å². The van der Waals surface area contributed by atoms with E-state index < -0.39 is 0 Å². The molecule has 1 aliphatic rings. The third kappa shape index (κ3) is 3.40. The van der Waals surface area contributed by atoms with Gasteiger partial charge in [-0.25, -0.2) is 24.9 Å². The average Bonchev–Trinajstić information content (AvgIpc) is 3.13. The van der Waals surface area contributed by atoms with Crippen LogP contribution in [-0.4, -0.2) is 31.5 Å². The van der Waals surface area contributed by atoms with Gasteiger partial charge in [-0.15, -0.1) is 0 Å². The molecular weight excluding hydrogens is 314 g/mol. The summed E-state index contributed by atoms with van der Waals surface area (Å²) in [6.07, 6.45) is 9.28. The molecule has 0 aliphatic carbocycles. The minimum atomic E-state index is 0.287. The molecular formula is C18H19N7. The fraction of sp³-hybridized carbons (Fsp3) is 0.278. The molecule has 0 amide bonds. The second-order valence-corrected chi connectivity index (χ2v) is 5.99. The first-order valence-electron chi connectivity index (χ1n) is 8.36. The van der Waals surface area contributed by atoms with Crippen molar-refractivity contribution in [3.05, 3.63) is 60.4 Å². The highest BCUT2D eigenvalue weighted by Gasteiger charge is 2.27. The number of aromatic nitrogens is 5. The van der Waals surface area contributed by atoms with Crippen molar-refractivity contribution >= 4 is 17.6 Å². The molecule has 7 heteroatoms. The van der Waals surface area contributed by atoms with Crippen LogP contribution in [0.25, 0.3) is 0 Å². The number of nitrogens with one attached hydrogen (secondary N) is 1. The van der Waals surface area contributed by atoms with Crippen molar-refractivity contribution in [3.63, 3.8) is 0 Å². The lowest BCUT2D eigenvalue weighted by atomic mass is 10.1. The Morgan fingerprint density at radius 1 is 1.04 bits per heavy atom. The van der Waals surface area contributed by atoms with Crippen LogP contribution >= 0.6 is 0 Å². The third-order valence-corrected chi connectivity index (χ3v) is 4.28. The molecule has 7 nitrogen and oxygen atoms in total. The van der Waals surface area contributed by atoms with Crippen molar-refractivity contribution in [2.75, 3.05) is 16.8 Å². The quantitative estimate of drug-likeness (QED) is 0.786. The predicted octanol–water partition coefficient (Wildman–Crippen LogP) is 3.06. The zero-order chi connectivity index (χ0) is 17.1. The molecule has 1 saturated heterocycles. The molecule has 4 rings (SSSR count). The van der Waals surface area contributed by atoms with Crippen LogP contribution in [0, 0.1) is 6.92 Å². The number of anilines is 3. The van der Waals surface area contributed by atoms with Crippen LogP contribution in [0.1, 0.15) is 30.3 Å². The van der Waals surface area contributed by atoms with E-state index in [0.29, 0.717) is 5.95 Å². The highest BCUT2D eigenvalue weighted by molar-refractivity contribution is 5.51. The molecule has 0 bridgehead atoms. The Hall–Kier alpha value is -3.09. The Bertz CT molecular complexity index is 853. The van der Waals surface area contributed by atoms with Gasteiger partial charge < -0.3 is 10.2 Å². The molecule has 3 aromatic heterocycles. The van der Waals surface area contributed by atoms with E-state index in [-0.39, 0.29) is 6.04 Å². The highest BCUT2D eigenvalue weighted by Crippen LogP contribution is 2.35. The third-order valence-electron chi connectivity index (χ3n) is 4.28. The summed E-state index contributed by atoms with van der Waals surface area (Å²) in [4.78, 5) is 23.9. The van der Waals surface area contributed by atoms with Gasteiger partial charge in [0, 0.05) is 31.3 Å². The number of hydrogen-bond acceptors (Lipinski definition) is 7. The van der Waals surface area contributed by atoms with Gasteiger partial charge in [0.1, 0.15) is 17.5 Å². The number of aryl methyl sites for hydroxylation is 1. The summed E-state index contributed by atoms with van der Waals surface area (Å²) >= 11 is 0. The monoisotopic (exact) mass is 333 g/mol. The maximum Gasteiger partial charge on any atom is 0.228 e. The van der Waals surface area contributed by atoms with E-state index in [1.54, 1.807) is 18.5 Å². The Morgan fingerprint density at radius 2 is 1.88 bits per heavy atom. The van der Waals surface area contributed by atoms with Gasteiger partial charge in [0.15, 0.2) is 0 Å². The van der Waals surface area contributed by atoms with E-state index in [9.17, 15) is 0 Å². The molecule has 0 unspecified atom stereocenters. The van der Waals surface area contributed by atoms with Crippen molar-refractivity contribution in [2.24, 2.45) is 0 Å². The van der Waals surface area contributed by atoms with Crippen LogP contribution < -0.4 is 10.2 Å². The van der Waals surface area contributed by atoms with Crippen molar-refractivity contribution in [3.8, 4) is 0 Å². The molecule has 0 saturated carbocycles. The van der Waals surface area contributed by atoms with Crippen LogP contribution in [0.4, 0.5) is 17.6 Å². The van der Waals surface area contributed by atoms with Crippen LogP contribution in [0.5, 0.6) is 0 Å². The van der Waals surface area contributed by atoms with Crippen LogP contribution in [0.2, 0.25) is 0 Å². The summed E-state index contributed by atoms with van der Waals surface area (Å²) in [5.41, 5.74) is 1.21. The van der Waals surface area contributed by atoms with E-state index >= 15 is 0 Å². The fourth-order valence-electron chi connectivity index (χ4n) is 3.19. The highest BCUT2D eigenvalue weighted by atomic mass is 15.2. The number of pyridine rings is 1. The molecule has 0 radical (unpaired) electrons. The molecule has 3 aromatic rings. The van der Waals surface area contributed by atoms with Crippen molar-refractivity contribution < 1.29 is 0 Å². The van der Waals surface area contributed by atoms with Gasteiger partial charge in [0.2, 0.25) is 5.95 Å². The maximum absolute atomic E-state index is 4.58. The van der Waals surface area contributed by atoms with E-state index in [1.165, 1.54) is 5.56 Å². The molecule has 4 heterocycles. The van der Waals surface area contributed by atoms with Gasteiger partial charge >= 0.3 is 0 Å². The Balaban J connectivity index is 1.59. The SMILES string of the molecule is Cc1nccc(N2CCC[C@H]2c2ccnc(Nc3ncccn3)c2)n1. The maximum atomic E-state index is 4.58. The van der Waals surface area contributed by atoms with Gasteiger partial charge in [-0.05, 0) is 49.6 Å². The fourth-order valence-corrected chi connectivity index (χ4v) is 3.19. The van der Waals surface area contributed by atoms with Crippen LogP contribution in [-0.2, 0) is 0 Å². The lowest BCUT2D eigenvalue weighted by Crippen LogP contribution is -2.24. The summed E-state index contributed by atoms with van der Waals surface area (Å²) in [5, 5.41) is 3.15. The van der Waals surface area contributed by atoms with E-state index in [4.69, 9.17) is 0 Å². The van der Waals surface area contributed by atoms with Gasteiger partial charge in [-0.3, -0.25) is 0 Å². The Kier molecular flexibility index (Phi) is 4.20. The number of hydrogen-bond donors (Lipinski definition) is 1. The van der Waals surface area contributed by atoms with Gasteiger partial charge in [-0.2, -0.15) is 0 Å². The van der Waals surface area contributed by atoms with Gasteiger partial charge in [0.05, 0.1) is 6.04 Å². The molecule has 1 fully saturated rings. The van der Waals surface area contributed by atoms with Gasteiger partial charge in [-0.1, -0.05) is 0 Å². The van der Waals surface area contributed by atoms with E-state index in [1.807, 2.05) is 25.4 Å². The first-order chi connectivity index (χ1) is 12.3. The molecule has 25 heavy (non-hydrogen) atoms.